The fourth-order valence-electron chi connectivity index (χ4n) is 2.01. The van der Waals surface area contributed by atoms with E-state index < -0.39 is 11.5 Å². The summed E-state index contributed by atoms with van der Waals surface area (Å²) in [4.78, 5) is 26.2. The molecule has 0 aromatic carbocycles. The summed E-state index contributed by atoms with van der Waals surface area (Å²) in [6, 6.07) is -0.469. The predicted octanol–water partition coefficient (Wildman–Crippen LogP) is 0.869. The Bertz CT molecular complexity index is 332. The molecular weight excluding hydrogens is 264 g/mol. The number of thioether (sulfide) groups is 1. The van der Waals surface area contributed by atoms with Crippen LogP contribution in [-0.2, 0) is 14.3 Å². The van der Waals surface area contributed by atoms with Gasteiger partial charge in [0, 0.05) is 24.6 Å². The molecule has 0 aromatic rings. The van der Waals surface area contributed by atoms with Gasteiger partial charge in [-0.1, -0.05) is 6.92 Å². The van der Waals surface area contributed by atoms with E-state index in [-0.39, 0.29) is 11.9 Å². The molecule has 0 aliphatic carbocycles. The van der Waals surface area contributed by atoms with E-state index >= 15 is 0 Å². The van der Waals surface area contributed by atoms with Crippen molar-refractivity contribution in [1.82, 2.24) is 4.90 Å². The Morgan fingerprint density at radius 1 is 1.47 bits per heavy atom. The Hall–Kier alpha value is -0.750. The van der Waals surface area contributed by atoms with Crippen LogP contribution in [0.25, 0.3) is 0 Å². The maximum Gasteiger partial charge on any atom is 0.329 e. The van der Waals surface area contributed by atoms with Crippen molar-refractivity contribution < 1.29 is 14.3 Å². The maximum atomic E-state index is 12.6. The summed E-state index contributed by atoms with van der Waals surface area (Å²) < 4.78 is 5.06. The third kappa shape index (κ3) is 3.63. The molecule has 1 aliphatic rings. The first-order valence-electron chi connectivity index (χ1n) is 6.75. The highest BCUT2D eigenvalue weighted by Gasteiger charge is 2.40. The number of amides is 1. The van der Waals surface area contributed by atoms with Crippen molar-refractivity contribution in [2.75, 3.05) is 31.2 Å². The molecule has 5 nitrogen and oxygen atoms in total. The van der Waals surface area contributed by atoms with Crippen LogP contribution < -0.4 is 5.73 Å². The van der Waals surface area contributed by atoms with Crippen molar-refractivity contribution in [2.24, 2.45) is 11.1 Å². The number of hydrogen-bond acceptors (Lipinski definition) is 5. The molecule has 2 unspecified atom stereocenters. The SMILES string of the molecule is CCOC(=O)C1CSCCN1C(=O)C(C)(CC)CN. The van der Waals surface area contributed by atoms with Crippen LogP contribution in [0.5, 0.6) is 0 Å². The van der Waals surface area contributed by atoms with Crippen molar-refractivity contribution >= 4 is 23.6 Å². The lowest BCUT2D eigenvalue weighted by atomic mass is 9.85. The zero-order chi connectivity index (χ0) is 14.5. The summed E-state index contributed by atoms with van der Waals surface area (Å²) in [6.07, 6.45) is 0.668. The quantitative estimate of drug-likeness (QED) is 0.760. The Balaban J connectivity index is 2.87. The monoisotopic (exact) mass is 288 g/mol. The van der Waals surface area contributed by atoms with Crippen LogP contribution in [0.15, 0.2) is 0 Å². The van der Waals surface area contributed by atoms with E-state index in [9.17, 15) is 9.59 Å². The summed E-state index contributed by atoms with van der Waals surface area (Å²) in [7, 11) is 0. The van der Waals surface area contributed by atoms with Gasteiger partial charge in [-0.3, -0.25) is 4.79 Å². The van der Waals surface area contributed by atoms with Crippen molar-refractivity contribution in [3.05, 3.63) is 0 Å². The van der Waals surface area contributed by atoms with Gasteiger partial charge in [0.1, 0.15) is 6.04 Å². The number of rotatable bonds is 5. The first-order chi connectivity index (χ1) is 9.00. The zero-order valence-corrected chi connectivity index (χ0v) is 12.8. The van der Waals surface area contributed by atoms with Gasteiger partial charge in [0.15, 0.2) is 0 Å². The normalized spacial score (nSPS) is 22.7. The van der Waals surface area contributed by atoms with Gasteiger partial charge in [-0.05, 0) is 20.3 Å². The third-order valence-electron chi connectivity index (χ3n) is 3.70. The maximum absolute atomic E-state index is 12.6. The van der Waals surface area contributed by atoms with Gasteiger partial charge < -0.3 is 15.4 Å². The highest BCUT2D eigenvalue weighted by atomic mass is 32.2. The van der Waals surface area contributed by atoms with Gasteiger partial charge in [0.25, 0.3) is 0 Å². The predicted molar refractivity (Wildman–Crippen MR) is 76.9 cm³/mol. The van der Waals surface area contributed by atoms with Crippen LogP contribution in [0, 0.1) is 5.41 Å². The fourth-order valence-corrected chi connectivity index (χ4v) is 3.04. The van der Waals surface area contributed by atoms with Gasteiger partial charge in [-0.15, -0.1) is 0 Å². The zero-order valence-electron chi connectivity index (χ0n) is 12.0. The average Bonchev–Trinajstić information content (AvgIpc) is 2.45. The standard InChI is InChI=1S/C13H24N2O3S/c1-4-13(3,9-14)12(17)15-6-7-19-8-10(15)11(16)18-5-2/h10H,4-9,14H2,1-3H3. The van der Waals surface area contributed by atoms with Gasteiger partial charge in [0.05, 0.1) is 12.0 Å². The Morgan fingerprint density at radius 2 is 2.16 bits per heavy atom. The van der Waals surface area contributed by atoms with Gasteiger partial charge >= 0.3 is 5.97 Å². The van der Waals surface area contributed by atoms with Crippen LogP contribution in [0.4, 0.5) is 0 Å². The number of carbonyl (C=O) groups excluding carboxylic acids is 2. The highest BCUT2D eigenvalue weighted by Crippen LogP contribution is 2.27. The van der Waals surface area contributed by atoms with Crippen LogP contribution in [-0.4, -0.2) is 54.0 Å². The molecule has 0 saturated carbocycles. The molecule has 1 aliphatic heterocycles. The van der Waals surface area contributed by atoms with Crippen molar-refractivity contribution in [1.29, 1.82) is 0 Å². The van der Waals surface area contributed by atoms with Crippen molar-refractivity contribution in [3.63, 3.8) is 0 Å². The van der Waals surface area contributed by atoms with Gasteiger partial charge in [-0.2, -0.15) is 11.8 Å². The second kappa shape index (κ2) is 7.14. The summed E-state index contributed by atoms with van der Waals surface area (Å²) in [5.41, 5.74) is 5.15. The summed E-state index contributed by atoms with van der Waals surface area (Å²) >= 11 is 1.68. The Morgan fingerprint density at radius 3 is 2.68 bits per heavy atom. The molecular formula is C13H24N2O3S. The molecule has 0 spiro atoms. The van der Waals surface area contributed by atoms with E-state index in [1.165, 1.54) is 0 Å². The minimum Gasteiger partial charge on any atom is -0.464 e. The first kappa shape index (κ1) is 16.3. The lowest BCUT2D eigenvalue weighted by Crippen LogP contribution is -2.56. The first-order valence-corrected chi connectivity index (χ1v) is 7.91. The van der Waals surface area contributed by atoms with E-state index in [1.807, 2.05) is 13.8 Å². The minimum atomic E-state index is -0.591. The number of hydrogen-bond donors (Lipinski definition) is 1. The van der Waals surface area contributed by atoms with E-state index in [2.05, 4.69) is 0 Å². The number of ether oxygens (including phenoxy) is 1. The van der Waals surface area contributed by atoms with Gasteiger partial charge in [-0.25, -0.2) is 4.79 Å². The van der Waals surface area contributed by atoms with E-state index in [1.54, 1.807) is 23.6 Å². The van der Waals surface area contributed by atoms with Crippen molar-refractivity contribution in [3.8, 4) is 0 Å². The largest absolute Gasteiger partial charge is 0.464 e. The second-order valence-electron chi connectivity index (χ2n) is 4.96. The number of nitrogens with zero attached hydrogens (tertiary/aromatic N) is 1. The molecule has 0 radical (unpaired) electrons. The molecule has 0 aromatic heterocycles. The van der Waals surface area contributed by atoms with E-state index in [0.717, 1.165) is 5.75 Å². The minimum absolute atomic E-state index is 0.0316. The lowest BCUT2D eigenvalue weighted by molar-refractivity contribution is -0.157. The second-order valence-corrected chi connectivity index (χ2v) is 6.11. The lowest BCUT2D eigenvalue weighted by Gasteiger charge is -2.39. The number of carbonyl (C=O) groups is 2. The average molecular weight is 288 g/mol. The Kier molecular flexibility index (Phi) is 6.13. The Labute approximate surface area is 119 Å². The molecule has 1 fully saturated rings. The molecule has 0 bridgehead atoms. The molecule has 1 rings (SSSR count). The molecule has 19 heavy (non-hydrogen) atoms. The third-order valence-corrected chi connectivity index (χ3v) is 4.72. The topological polar surface area (TPSA) is 72.6 Å². The van der Waals surface area contributed by atoms with Crippen LogP contribution in [0.2, 0.25) is 0 Å². The molecule has 2 atom stereocenters. The van der Waals surface area contributed by atoms with Crippen molar-refractivity contribution in [2.45, 2.75) is 33.2 Å². The number of esters is 1. The summed E-state index contributed by atoms with van der Waals surface area (Å²) in [6.45, 7) is 6.80. The summed E-state index contributed by atoms with van der Waals surface area (Å²) in [5, 5.41) is 0. The molecule has 6 heteroatoms. The van der Waals surface area contributed by atoms with E-state index in [0.29, 0.717) is 31.9 Å². The number of nitrogens with two attached hydrogens (primary N) is 1. The molecule has 110 valence electrons. The molecule has 1 saturated heterocycles. The molecule has 1 heterocycles. The van der Waals surface area contributed by atoms with E-state index in [4.69, 9.17) is 10.5 Å². The van der Waals surface area contributed by atoms with Crippen LogP contribution in [0.1, 0.15) is 27.2 Å². The molecule has 1 amide bonds. The fraction of sp³-hybridized carbons (Fsp3) is 0.846. The van der Waals surface area contributed by atoms with Gasteiger partial charge in [0.2, 0.25) is 5.91 Å². The van der Waals surface area contributed by atoms with Crippen LogP contribution >= 0.6 is 11.8 Å². The highest BCUT2D eigenvalue weighted by molar-refractivity contribution is 7.99. The summed E-state index contributed by atoms with van der Waals surface area (Å²) in [5.74, 6) is 1.12. The smallest absolute Gasteiger partial charge is 0.329 e. The molecule has 2 N–H and O–H groups in total. The van der Waals surface area contributed by atoms with Crippen LogP contribution in [0.3, 0.4) is 0 Å².